The maximum absolute atomic E-state index is 3.61. The molecule has 0 saturated heterocycles. The van der Waals surface area contributed by atoms with Crippen molar-refractivity contribution in [3.05, 3.63) is 64.7 Å². The highest BCUT2D eigenvalue weighted by Crippen LogP contribution is 2.34. The molecule has 0 radical (unpaired) electrons. The zero-order valence-electron chi connectivity index (χ0n) is 10.3. The van der Waals surface area contributed by atoms with Crippen molar-refractivity contribution in [2.24, 2.45) is 0 Å². The molecule has 0 unspecified atom stereocenters. The Kier molecular flexibility index (Phi) is 2.40. The van der Waals surface area contributed by atoms with Crippen LogP contribution in [0.3, 0.4) is 0 Å². The van der Waals surface area contributed by atoms with E-state index in [0.29, 0.717) is 6.04 Å². The van der Waals surface area contributed by atoms with Crippen molar-refractivity contribution in [3.63, 3.8) is 0 Å². The fraction of sp³-hybridized carbons (Fsp3) is 0.250. The number of aryl methyl sites for hydroxylation is 2. The summed E-state index contributed by atoms with van der Waals surface area (Å²) in [6.45, 7) is 4.33. The van der Waals surface area contributed by atoms with E-state index in [1.165, 1.54) is 27.9 Å². The number of anilines is 1. The molecule has 86 valence electrons. The van der Waals surface area contributed by atoms with E-state index >= 15 is 0 Å². The minimum Gasteiger partial charge on any atom is -0.378 e. The second-order valence-electron chi connectivity index (χ2n) is 4.98. The molecule has 1 aliphatic heterocycles. The zero-order chi connectivity index (χ0) is 11.8. The van der Waals surface area contributed by atoms with Crippen molar-refractivity contribution in [3.8, 4) is 0 Å². The summed E-state index contributed by atoms with van der Waals surface area (Å²) in [6, 6.07) is 15.8. The third-order valence-corrected chi connectivity index (χ3v) is 3.42. The van der Waals surface area contributed by atoms with Crippen LogP contribution in [0.5, 0.6) is 0 Å². The summed E-state index contributed by atoms with van der Waals surface area (Å²) in [5, 5.41) is 3.61. The number of hydrogen-bond acceptors (Lipinski definition) is 1. The van der Waals surface area contributed by atoms with Crippen molar-refractivity contribution in [2.75, 3.05) is 5.32 Å². The minimum atomic E-state index is 0.436. The number of rotatable bonds is 1. The van der Waals surface area contributed by atoms with Crippen LogP contribution >= 0.6 is 0 Å². The molecule has 1 atom stereocenters. The first-order chi connectivity index (χ1) is 8.22. The van der Waals surface area contributed by atoms with Crippen LogP contribution in [0.15, 0.2) is 42.5 Å². The molecule has 2 aromatic carbocycles. The van der Waals surface area contributed by atoms with Gasteiger partial charge in [-0.15, -0.1) is 0 Å². The number of para-hydroxylation sites is 1. The predicted octanol–water partition coefficient (Wildman–Crippen LogP) is 4.01. The second kappa shape index (κ2) is 3.92. The van der Waals surface area contributed by atoms with Crippen LogP contribution in [0.2, 0.25) is 0 Å². The maximum Gasteiger partial charge on any atom is 0.0555 e. The molecule has 1 heteroatoms. The number of fused-ring (bicyclic) bond motifs is 1. The molecule has 17 heavy (non-hydrogen) atoms. The third kappa shape index (κ3) is 1.93. The van der Waals surface area contributed by atoms with Crippen LogP contribution in [0.4, 0.5) is 5.69 Å². The Bertz CT molecular complexity index is 512. The van der Waals surface area contributed by atoms with Gasteiger partial charge in [-0.05, 0) is 37.5 Å². The van der Waals surface area contributed by atoms with Crippen LogP contribution in [0, 0.1) is 13.8 Å². The molecule has 0 fully saturated rings. The van der Waals surface area contributed by atoms with Crippen LogP contribution in [0.25, 0.3) is 0 Å². The minimum absolute atomic E-state index is 0.436. The van der Waals surface area contributed by atoms with E-state index in [2.05, 4.69) is 61.6 Å². The average molecular weight is 223 g/mol. The van der Waals surface area contributed by atoms with Crippen molar-refractivity contribution < 1.29 is 0 Å². The Morgan fingerprint density at radius 1 is 1.00 bits per heavy atom. The smallest absolute Gasteiger partial charge is 0.0555 e. The molecule has 0 aromatic heterocycles. The Morgan fingerprint density at radius 2 is 1.71 bits per heavy atom. The summed E-state index contributed by atoms with van der Waals surface area (Å²) in [5.74, 6) is 0. The molecule has 1 aliphatic rings. The van der Waals surface area contributed by atoms with Gasteiger partial charge in [-0.25, -0.2) is 0 Å². The lowest BCUT2D eigenvalue weighted by Crippen LogP contribution is -2.06. The summed E-state index contributed by atoms with van der Waals surface area (Å²) in [5.41, 5.74) is 6.81. The largest absolute Gasteiger partial charge is 0.378 e. The van der Waals surface area contributed by atoms with E-state index in [9.17, 15) is 0 Å². The number of hydrogen-bond donors (Lipinski definition) is 1. The highest BCUT2D eigenvalue weighted by atomic mass is 14.9. The van der Waals surface area contributed by atoms with Gasteiger partial charge in [-0.1, -0.05) is 47.5 Å². The molecule has 1 N–H and O–H groups in total. The lowest BCUT2D eigenvalue weighted by molar-refractivity contribution is 0.821. The first-order valence-electron chi connectivity index (χ1n) is 6.15. The average Bonchev–Trinajstić information content (AvgIpc) is 2.71. The maximum atomic E-state index is 3.61. The Morgan fingerprint density at radius 3 is 2.41 bits per heavy atom. The van der Waals surface area contributed by atoms with Gasteiger partial charge >= 0.3 is 0 Å². The van der Waals surface area contributed by atoms with Gasteiger partial charge in [0.25, 0.3) is 0 Å². The molecular weight excluding hydrogens is 206 g/mol. The second-order valence-corrected chi connectivity index (χ2v) is 4.98. The Balaban J connectivity index is 1.93. The zero-order valence-corrected chi connectivity index (χ0v) is 10.3. The van der Waals surface area contributed by atoms with Crippen molar-refractivity contribution in [1.82, 2.24) is 0 Å². The van der Waals surface area contributed by atoms with E-state index in [0.717, 1.165) is 6.42 Å². The molecule has 1 heterocycles. The standard InChI is InChI=1S/C16H17N/c1-11-7-12(2)9-14(8-11)16-10-13-5-3-4-6-15(13)17-16/h3-9,16-17H,10H2,1-2H3/t16-/m1/s1. The van der Waals surface area contributed by atoms with Gasteiger partial charge < -0.3 is 5.32 Å². The van der Waals surface area contributed by atoms with Gasteiger partial charge in [-0.2, -0.15) is 0 Å². The highest BCUT2D eigenvalue weighted by Gasteiger charge is 2.21. The SMILES string of the molecule is Cc1cc(C)cc([C@H]2Cc3ccccc3N2)c1. The van der Waals surface area contributed by atoms with Gasteiger partial charge in [0.2, 0.25) is 0 Å². The van der Waals surface area contributed by atoms with Gasteiger partial charge in [0, 0.05) is 5.69 Å². The summed E-state index contributed by atoms with van der Waals surface area (Å²) < 4.78 is 0. The molecule has 0 aliphatic carbocycles. The first-order valence-corrected chi connectivity index (χ1v) is 6.15. The summed E-state index contributed by atoms with van der Waals surface area (Å²) >= 11 is 0. The van der Waals surface area contributed by atoms with E-state index in [1.54, 1.807) is 0 Å². The summed E-state index contributed by atoms with van der Waals surface area (Å²) in [6.07, 6.45) is 1.10. The van der Waals surface area contributed by atoms with Crippen LogP contribution in [-0.4, -0.2) is 0 Å². The molecule has 1 nitrogen and oxygen atoms in total. The fourth-order valence-corrected chi connectivity index (χ4v) is 2.71. The van der Waals surface area contributed by atoms with E-state index in [-0.39, 0.29) is 0 Å². The van der Waals surface area contributed by atoms with Gasteiger partial charge in [0.1, 0.15) is 0 Å². The van der Waals surface area contributed by atoms with Crippen LogP contribution < -0.4 is 5.32 Å². The molecular formula is C16H17N. The Hall–Kier alpha value is -1.76. The summed E-state index contributed by atoms with van der Waals surface area (Å²) in [7, 11) is 0. The Labute approximate surface area is 102 Å². The number of nitrogens with one attached hydrogen (secondary N) is 1. The molecule has 0 saturated carbocycles. The summed E-state index contributed by atoms with van der Waals surface area (Å²) in [4.78, 5) is 0. The quantitative estimate of drug-likeness (QED) is 0.770. The third-order valence-electron chi connectivity index (χ3n) is 3.42. The molecule has 3 rings (SSSR count). The van der Waals surface area contributed by atoms with Gasteiger partial charge in [0.05, 0.1) is 6.04 Å². The van der Waals surface area contributed by atoms with Gasteiger partial charge in [0.15, 0.2) is 0 Å². The molecule has 0 amide bonds. The molecule has 2 aromatic rings. The molecule has 0 bridgehead atoms. The van der Waals surface area contributed by atoms with E-state index in [4.69, 9.17) is 0 Å². The normalized spacial score (nSPS) is 17.6. The first kappa shape index (κ1) is 10.4. The highest BCUT2D eigenvalue weighted by molar-refractivity contribution is 5.58. The van der Waals surface area contributed by atoms with Crippen molar-refractivity contribution in [1.29, 1.82) is 0 Å². The molecule has 0 spiro atoms. The van der Waals surface area contributed by atoms with Gasteiger partial charge in [-0.3, -0.25) is 0 Å². The fourth-order valence-electron chi connectivity index (χ4n) is 2.71. The predicted molar refractivity (Wildman–Crippen MR) is 72.4 cm³/mol. The van der Waals surface area contributed by atoms with Crippen molar-refractivity contribution >= 4 is 5.69 Å². The lowest BCUT2D eigenvalue weighted by Gasteiger charge is -2.13. The van der Waals surface area contributed by atoms with Crippen LogP contribution in [0.1, 0.15) is 28.3 Å². The van der Waals surface area contributed by atoms with E-state index in [1.807, 2.05) is 0 Å². The monoisotopic (exact) mass is 223 g/mol. The lowest BCUT2D eigenvalue weighted by atomic mass is 9.99. The number of benzene rings is 2. The van der Waals surface area contributed by atoms with Crippen molar-refractivity contribution in [2.45, 2.75) is 26.3 Å². The van der Waals surface area contributed by atoms with Crippen LogP contribution in [-0.2, 0) is 6.42 Å². The topological polar surface area (TPSA) is 12.0 Å². The van der Waals surface area contributed by atoms with E-state index < -0.39 is 0 Å².